The fraction of sp³-hybridized carbons (Fsp3) is 0.750. The van der Waals surface area contributed by atoms with Crippen molar-refractivity contribution >= 4 is 17.9 Å². The highest BCUT2D eigenvalue weighted by molar-refractivity contribution is 7.98. The van der Waals surface area contributed by atoms with Crippen molar-refractivity contribution in [3.8, 4) is 0 Å². The van der Waals surface area contributed by atoms with Gasteiger partial charge in [-0.15, -0.1) is 22.0 Å². The number of ether oxygens (including phenoxy) is 1. The standard InChI is InChI=1S/C8H13N5O2S/c1-2-13-3-6(15-8(13)14)4-16-5-7-9-11-12-10-7/h6H,2-5H2,1H3,(H,9,10,11,12). The summed E-state index contributed by atoms with van der Waals surface area (Å²) in [5.74, 6) is 2.11. The quantitative estimate of drug-likeness (QED) is 0.799. The van der Waals surface area contributed by atoms with Crippen molar-refractivity contribution in [2.45, 2.75) is 18.8 Å². The van der Waals surface area contributed by atoms with Crippen LogP contribution in [-0.4, -0.2) is 56.6 Å². The van der Waals surface area contributed by atoms with Crippen LogP contribution in [0.3, 0.4) is 0 Å². The number of carbonyl (C=O) groups excluding carboxylic acids is 1. The Morgan fingerprint density at radius 3 is 3.19 bits per heavy atom. The monoisotopic (exact) mass is 243 g/mol. The predicted octanol–water partition coefficient (Wildman–Crippen LogP) is 0.274. The van der Waals surface area contributed by atoms with Gasteiger partial charge in [0.25, 0.3) is 0 Å². The second-order valence-electron chi connectivity index (χ2n) is 3.39. The number of nitrogens with zero attached hydrogens (tertiary/aromatic N) is 4. The molecule has 0 bridgehead atoms. The van der Waals surface area contributed by atoms with Crippen molar-refractivity contribution < 1.29 is 9.53 Å². The van der Waals surface area contributed by atoms with Gasteiger partial charge >= 0.3 is 6.09 Å². The fourth-order valence-corrected chi connectivity index (χ4v) is 2.30. The normalized spacial score (nSPS) is 20.2. The number of amides is 1. The number of hydrogen-bond acceptors (Lipinski definition) is 6. The summed E-state index contributed by atoms with van der Waals surface area (Å²) in [5, 5.41) is 13.5. The third kappa shape index (κ3) is 2.63. The smallest absolute Gasteiger partial charge is 0.410 e. The molecule has 0 aromatic carbocycles. The third-order valence-corrected chi connectivity index (χ3v) is 3.33. The summed E-state index contributed by atoms with van der Waals surface area (Å²) in [4.78, 5) is 13.0. The second-order valence-corrected chi connectivity index (χ2v) is 4.42. The van der Waals surface area contributed by atoms with E-state index in [0.29, 0.717) is 24.7 Å². The van der Waals surface area contributed by atoms with Crippen molar-refractivity contribution in [2.24, 2.45) is 0 Å². The molecule has 1 aromatic heterocycles. The Bertz CT molecular complexity index is 344. The van der Waals surface area contributed by atoms with E-state index < -0.39 is 0 Å². The van der Waals surface area contributed by atoms with Gasteiger partial charge in [0.2, 0.25) is 0 Å². The molecule has 1 aliphatic rings. The maximum atomic E-state index is 11.3. The highest BCUT2D eigenvalue weighted by Crippen LogP contribution is 2.17. The first-order chi connectivity index (χ1) is 7.79. The van der Waals surface area contributed by atoms with E-state index in [1.807, 2.05) is 6.92 Å². The molecule has 0 saturated carbocycles. The van der Waals surface area contributed by atoms with E-state index in [9.17, 15) is 4.79 Å². The zero-order valence-corrected chi connectivity index (χ0v) is 9.74. The molecule has 16 heavy (non-hydrogen) atoms. The SMILES string of the molecule is CCN1CC(CSCc2nn[nH]n2)OC1=O. The van der Waals surface area contributed by atoms with Crippen molar-refractivity contribution in [2.75, 3.05) is 18.8 Å². The summed E-state index contributed by atoms with van der Waals surface area (Å²) in [6, 6.07) is 0. The Hall–Kier alpha value is -1.31. The van der Waals surface area contributed by atoms with Gasteiger partial charge in [-0.3, -0.25) is 0 Å². The highest BCUT2D eigenvalue weighted by Gasteiger charge is 2.29. The van der Waals surface area contributed by atoms with E-state index >= 15 is 0 Å². The minimum absolute atomic E-state index is 0.0237. The van der Waals surface area contributed by atoms with E-state index in [1.54, 1.807) is 16.7 Å². The summed E-state index contributed by atoms with van der Waals surface area (Å²) in [7, 11) is 0. The molecule has 2 rings (SSSR count). The van der Waals surface area contributed by atoms with Gasteiger partial charge in [0.05, 0.1) is 12.3 Å². The molecule has 0 radical (unpaired) electrons. The van der Waals surface area contributed by atoms with Crippen molar-refractivity contribution in [1.29, 1.82) is 0 Å². The van der Waals surface area contributed by atoms with Crippen molar-refractivity contribution in [3.63, 3.8) is 0 Å². The number of cyclic esters (lactones) is 1. The number of aromatic nitrogens is 4. The number of carbonyl (C=O) groups is 1. The molecule has 88 valence electrons. The molecule has 7 nitrogen and oxygen atoms in total. The molecule has 1 unspecified atom stereocenters. The number of likely N-dealkylation sites (N-methyl/N-ethyl adjacent to an activating group) is 1. The number of thioether (sulfide) groups is 1. The lowest BCUT2D eigenvalue weighted by molar-refractivity contribution is 0.140. The average Bonchev–Trinajstić information content (AvgIpc) is 2.88. The molecule has 0 aliphatic carbocycles. The molecule has 1 fully saturated rings. The molecule has 1 N–H and O–H groups in total. The number of aromatic amines is 1. The van der Waals surface area contributed by atoms with E-state index in [-0.39, 0.29) is 12.2 Å². The zero-order valence-electron chi connectivity index (χ0n) is 8.92. The van der Waals surface area contributed by atoms with Gasteiger partial charge in [-0.25, -0.2) is 4.79 Å². The fourth-order valence-electron chi connectivity index (χ4n) is 1.44. The Labute approximate surface area is 96.9 Å². The Morgan fingerprint density at radius 2 is 2.56 bits per heavy atom. The molecule has 1 aliphatic heterocycles. The molecular weight excluding hydrogens is 230 g/mol. The molecule has 0 spiro atoms. The summed E-state index contributed by atoms with van der Waals surface area (Å²) in [6.07, 6.45) is -0.239. The number of tetrazole rings is 1. The lowest BCUT2D eigenvalue weighted by Gasteiger charge is -2.08. The topological polar surface area (TPSA) is 84.0 Å². The number of nitrogens with one attached hydrogen (secondary N) is 1. The Balaban J connectivity index is 1.70. The number of rotatable bonds is 5. The lowest BCUT2D eigenvalue weighted by atomic mass is 10.4. The maximum absolute atomic E-state index is 11.3. The summed E-state index contributed by atoms with van der Waals surface area (Å²) < 4.78 is 5.19. The molecule has 1 atom stereocenters. The van der Waals surface area contributed by atoms with Crippen LogP contribution in [0.25, 0.3) is 0 Å². The van der Waals surface area contributed by atoms with Crippen LogP contribution in [-0.2, 0) is 10.5 Å². The van der Waals surface area contributed by atoms with Crippen LogP contribution in [0.15, 0.2) is 0 Å². The van der Waals surface area contributed by atoms with E-state index in [4.69, 9.17) is 4.74 Å². The van der Waals surface area contributed by atoms with Gasteiger partial charge in [0.1, 0.15) is 6.10 Å². The van der Waals surface area contributed by atoms with E-state index in [2.05, 4.69) is 20.6 Å². The molecule has 1 amide bonds. The summed E-state index contributed by atoms with van der Waals surface area (Å²) in [5.41, 5.74) is 0. The second kappa shape index (κ2) is 5.15. The summed E-state index contributed by atoms with van der Waals surface area (Å²) in [6.45, 7) is 3.31. The minimum atomic E-state index is -0.215. The largest absolute Gasteiger partial charge is 0.443 e. The Kier molecular flexibility index (Phi) is 3.60. The zero-order chi connectivity index (χ0) is 11.4. The third-order valence-electron chi connectivity index (χ3n) is 2.26. The highest BCUT2D eigenvalue weighted by atomic mass is 32.2. The molecule has 8 heteroatoms. The first-order valence-corrected chi connectivity index (χ1v) is 6.20. The van der Waals surface area contributed by atoms with Crippen LogP contribution in [0, 0.1) is 0 Å². The molecule has 1 aromatic rings. The van der Waals surface area contributed by atoms with E-state index in [0.717, 1.165) is 5.75 Å². The Morgan fingerprint density at radius 1 is 1.69 bits per heavy atom. The van der Waals surface area contributed by atoms with Crippen LogP contribution >= 0.6 is 11.8 Å². The van der Waals surface area contributed by atoms with Gasteiger partial charge in [-0.1, -0.05) is 5.21 Å². The van der Waals surface area contributed by atoms with Gasteiger partial charge in [-0.2, -0.15) is 5.21 Å². The molecule has 2 heterocycles. The minimum Gasteiger partial charge on any atom is -0.443 e. The van der Waals surface area contributed by atoms with Crippen LogP contribution in [0.1, 0.15) is 12.7 Å². The number of H-pyrrole nitrogens is 1. The van der Waals surface area contributed by atoms with Gasteiger partial charge in [0.15, 0.2) is 5.82 Å². The van der Waals surface area contributed by atoms with Gasteiger partial charge < -0.3 is 9.64 Å². The van der Waals surface area contributed by atoms with E-state index in [1.165, 1.54) is 0 Å². The van der Waals surface area contributed by atoms with Crippen LogP contribution in [0.2, 0.25) is 0 Å². The van der Waals surface area contributed by atoms with Crippen molar-refractivity contribution in [1.82, 2.24) is 25.5 Å². The predicted molar refractivity (Wildman–Crippen MR) is 57.9 cm³/mol. The van der Waals surface area contributed by atoms with Crippen LogP contribution in [0.5, 0.6) is 0 Å². The van der Waals surface area contributed by atoms with Crippen LogP contribution in [0.4, 0.5) is 4.79 Å². The number of hydrogen-bond donors (Lipinski definition) is 1. The summed E-state index contributed by atoms with van der Waals surface area (Å²) >= 11 is 1.63. The first kappa shape index (κ1) is 11.2. The molecular formula is C8H13N5O2S. The van der Waals surface area contributed by atoms with Gasteiger partial charge in [0, 0.05) is 12.3 Å². The van der Waals surface area contributed by atoms with Crippen LogP contribution < -0.4 is 0 Å². The van der Waals surface area contributed by atoms with Gasteiger partial charge in [-0.05, 0) is 6.92 Å². The van der Waals surface area contributed by atoms with Crippen molar-refractivity contribution in [3.05, 3.63) is 5.82 Å². The maximum Gasteiger partial charge on any atom is 0.410 e. The molecule has 1 saturated heterocycles. The average molecular weight is 243 g/mol. The first-order valence-electron chi connectivity index (χ1n) is 5.05. The lowest BCUT2D eigenvalue weighted by Crippen LogP contribution is -2.24.